The predicted octanol–water partition coefficient (Wildman–Crippen LogP) is 3.88. The van der Waals surface area contributed by atoms with E-state index in [1.807, 2.05) is 34.9 Å². The molecule has 0 aliphatic heterocycles. The first-order chi connectivity index (χ1) is 9.69. The molecule has 3 aromatic rings. The zero-order valence-electron chi connectivity index (χ0n) is 10.6. The first kappa shape index (κ1) is 13.4. The summed E-state index contributed by atoms with van der Waals surface area (Å²) in [5, 5.41) is 10.8. The summed E-state index contributed by atoms with van der Waals surface area (Å²) in [5.74, 6) is 0.613. The Bertz CT molecular complexity index is 768. The van der Waals surface area contributed by atoms with Crippen LogP contribution in [0.2, 0.25) is 10.0 Å². The molecule has 20 heavy (non-hydrogen) atoms. The topological polar surface area (TPSA) is 38.1 Å². The van der Waals surface area contributed by atoms with Crippen LogP contribution in [0.25, 0.3) is 11.0 Å². The third-order valence-electron chi connectivity index (χ3n) is 3.21. The molecule has 0 fully saturated rings. The van der Waals surface area contributed by atoms with Crippen LogP contribution in [-0.4, -0.2) is 14.7 Å². The Balaban J connectivity index is 2.12. The van der Waals surface area contributed by atoms with Crippen LogP contribution in [0.15, 0.2) is 42.5 Å². The molecule has 1 N–H and O–H groups in total. The molecule has 0 unspecified atom stereocenters. The van der Waals surface area contributed by atoms with E-state index in [1.54, 1.807) is 12.1 Å². The molecule has 0 aliphatic rings. The summed E-state index contributed by atoms with van der Waals surface area (Å²) in [4.78, 5) is 4.42. The van der Waals surface area contributed by atoms with Crippen LogP contribution in [0.4, 0.5) is 0 Å². The van der Waals surface area contributed by atoms with Gasteiger partial charge in [0.25, 0.3) is 0 Å². The summed E-state index contributed by atoms with van der Waals surface area (Å²) >= 11 is 12.2. The molecular formula is C15H12Cl2N2O. The third kappa shape index (κ3) is 2.40. The van der Waals surface area contributed by atoms with Crippen LogP contribution < -0.4 is 0 Å². The van der Waals surface area contributed by atoms with Crippen molar-refractivity contribution in [3.05, 3.63) is 63.9 Å². The van der Waals surface area contributed by atoms with E-state index in [4.69, 9.17) is 23.2 Å². The molecule has 3 nitrogen and oxygen atoms in total. The Labute approximate surface area is 126 Å². The molecule has 0 spiro atoms. The molecule has 0 amide bonds. The Morgan fingerprint density at radius 2 is 1.90 bits per heavy atom. The molecule has 0 bridgehead atoms. The van der Waals surface area contributed by atoms with Crippen LogP contribution in [0, 0.1) is 0 Å². The number of imidazole rings is 1. The van der Waals surface area contributed by atoms with Crippen molar-refractivity contribution in [2.45, 2.75) is 13.2 Å². The van der Waals surface area contributed by atoms with Crippen LogP contribution in [0.1, 0.15) is 11.4 Å². The number of aliphatic hydroxyl groups is 1. The maximum absolute atomic E-state index is 9.48. The second kappa shape index (κ2) is 5.44. The van der Waals surface area contributed by atoms with Crippen LogP contribution in [0.3, 0.4) is 0 Å². The molecule has 0 radical (unpaired) electrons. The molecule has 1 heterocycles. The fourth-order valence-electron chi connectivity index (χ4n) is 2.26. The standard InChI is InChI=1S/C15H12Cl2N2O/c16-11-5-6-12(17)10(7-11)8-19-14-4-2-1-3-13(14)18-15(19)9-20/h1-7,20H,8-9H2. The summed E-state index contributed by atoms with van der Waals surface area (Å²) in [5.41, 5.74) is 2.72. The monoisotopic (exact) mass is 306 g/mol. The van der Waals surface area contributed by atoms with Crippen LogP contribution in [0.5, 0.6) is 0 Å². The number of hydrogen-bond acceptors (Lipinski definition) is 2. The normalized spacial score (nSPS) is 11.2. The Morgan fingerprint density at radius 1 is 1.10 bits per heavy atom. The van der Waals surface area contributed by atoms with E-state index in [0.29, 0.717) is 22.4 Å². The summed E-state index contributed by atoms with van der Waals surface area (Å²) in [6.45, 7) is 0.405. The first-order valence-corrected chi connectivity index (χ1v) is 6.93. The van der Waals surface area contributed by atoms with Crippen molar-refractivity contribution < 1.29 is 5.11 Å². The lowest BCUT2D eigenvalue weighted by Gasteiger charge is -2.10. The van der Waals surface area contributed by atoms with Crippen molar-refractivity contribution in [1.82, 2.24) is 9.55 Å². The molecule has 1 aromatic heterocycles. The maximum Gasteiger partial charge on any atom is 0.136 e. The van der Waals surface area contributed by atoms with E-state index < -0.39 is 0 Å². The minimum Gasteiger partial charge on any atom is -0.388 e. The van der Waals surface area contributed by atoms with Crippen molar-refractivity contribution in [2.24, 2.45) is 0 Å². The van der Waals surface area contributed by atoms with Gasteiger partial charge in [0.15, 0.2) is 0 Å². The van der Waals surface area contributed by atoms with Gasteiger partial charge in [-0.15, -0.1) is 0 Å². The fraction of sp³-hybridized carbons (Fsp3) is 0.133. The highest BCUT2D eigenvalue weighted by Gasteiger charge is 2.11. The van der Waals surface area contributed by atoms with Gasteiger partial charge in [-0.3, -0.25) is 0 Å². The number of hydrogen-bond donors (Lipinski definition) is 1. The lowest BCUT2D eigenvalue weighted by atomic mass is 10.2. The van der Waals surface area contributed by atoms with Gasteiger partial charge in [0, 0.05) is 10.0 Å². The van der Waals surface area contributed by atoms with Crippen molar-refractivity contribution in [1.29, 1.82) is 0 Å². The molecule has 0 aliphatic carbocycles. The summed E-state index contributed by atoms with van der Waals surface area (Å²) in [6.07, 6.45) is 0. The third-order valence-corrected chi connectivity index (χ3v) is 3.82. The molecule has 5 heteroatoms. The Morgan fingerprint density at radius 3 is 2.70 bits per heavy atom. The van der Waals surface area contributed by atoms with Crippen molar-refractivity contribution in [3.63, 3.8) is 0 Å². The average molecular weight is 307 g/mol. The van der Waals surface area contributed by atoms with Crippen molar-refractivity contribution >= 4 is 34.2 Å². The number of rotatable bonds is 3. The fourth-order valence-corrected chi connectivity index (χ4v) is 2.63. The minimum atomic E-state index is -0.118. The van der Waals surface area contributed by atoms with Gasteiger partial charge in [-0.2, -0.15) is 0 Å². The number of aliphatic hydroxyl groups excluding tert-OH is 1. The average Bonchev–Trinajstić information content (AvgIpc) is 2.81. The van der Waals surface area contributed by atoms with Crippen LogP contribution in [-0.2, 0) is 13.2 Å². The van der Waals surface area contributed by atoms with E-state index in [9.17, 15) is 5.11 Å². The van der Waals surface area contributed by atoms with E-state index in [0.717, 1.165) is 16.6 Å². The lowest BCUT2D eigenvalue weighted by Crippen LogP contribution is -2.05. The van der Waals surface area contributed by atoms with Gasteiger partial charge in [-0.25, -0.2) is 4.98 Å². The van der Waals surface area contributed by atoms with Gasteiger partial charge in [0.05, 0.1) is 17.6 Å². The predicted molar refractivity (Wildman–Crippen MR) is 81.2 cm³/mol. The van der Waals surface area contributed by atoms with Gasteiger partial charge in [-0.1, -0.05) is 35.3 Å². The van der Waals surface area contributed by atoms with E-state index >= 15 is 0 Å². The van der Waals surface area contributed by atoms with Gasteiger partial charge in [0.1, 0.15) is 12.4 Å². The lowest BCUT2D eigenvalue weighted by molar-refractivity contribution is 0.267. The van der Waals surface area contributed by atoms with Gasteiger partial charge in [-0.05, 0) is 35.9 Å². The number of nitrogens with zero attached hydrogens (tertiary/aromatic N) is 2. The number of aromatic nitrogens is 2. The zero-order chi connectivity index (χ0) is 14.1. The maximum atomic E-state index is 9.48. The smallest absolute Gasteiger partial charge is 0.136 e. The van der Waals surface area contributed by atoms with Gasteiger partial charge >= 0.3 is 0 Å². The summed E-state index contributed by atoms with van der Waals surface area (Å²) in [6, 6.07) is 13.1. The molecule has 0 saturated heterocycles. The first-order valence-electron chi connectivity index (χ1n) is 6.18. The van der Waals surface area contributed by atoms with Crippen molar-refractivity contribution in [3.8, 4) is 0 Å². The van der Waals surface area contributed by atoms with Crippen molar-refractivity contribution in [2.75, 3.05) is 0 Å². The Kier molecular flexibility index (Phi) is 3.66. The molecule has 3 rings (SSSR count). The quantitative estimate of drug-likeness (QED) is 0.797. The van der Waals surface area contributed by atoms with Gasteiger partial charge < -0.3 is 9.67 Å². The summed E-state index contributed by atoms with van der Waals surface area (Å²) in [7, 11) is 0. The highest BCUT2D eigenvalue weighted by molar-refractivity contribution is 6.33. The Hall–Kier alpha value is -1.55. The largest absolute Gasteiger partial charge is 0.388 e. The second-order valence-corrected chi connectivity index (χ2v) is 5.34. The highest BCUT2D eigenvalue weighted by atomic mass is 35.5. The number of fused-ring (bicyclic) bond motifs is 1. The number of benzene rings is 2. The zero-order valence-corrected chi connectivity index (χ0v) is 12.1. The molecule has 102 valence electrons. The number of para-hydroxylation sites is 2. The minimum absolute atomic E-state index is 0.118. The highest BCUT2D eigenvalue weighted by Crippen LogP contribution is 2.24. The molecule has 0 saturated carbocycles. The number of halogens is 2. The summed E-state index contributed by atoms with van der Waals surface area (Å²) < 4.78 is 1.95. The molecule has 0 atom stereocenters. The second-order valence-electron chi connectivity index (χ2n) is 4.50. The van der Waals surface area contributed by atoms with Gasteiger partial charge in [0.2, 0.25) is 0 Å². The van der Waals surface area contributed by atoms with E-state index in [1.165, 1.54) is 0 Å². The molecule has 2 aromatic carbocycles. The molecular weight excluding hydrogens is 295 g/mol. The SMILES string of the molecule is OCc1nc2ccccc2n1Cc1cc(Cl)ccc1Cl. The van der Waals surface area contributed by atoms with E-state index in [-0.39, 0.29) is 6.61 Å². The van der Waals surface area contributed by atoms with E-state index in [2.05, 4.69) is 4.98 Å². The van der Waals surface area contributed by atoms with Crippen LogP contribution >= 0.6 is 23.2 Å².